The van der Waals surface area contributed by atoms with Gasteiger partial charge in [0, 0.05) is 43.4 Å². The van der Waals surface area contributed by atoms with Crippen LogP contribution in [0.5, 0.6) is 5.75 Å². The Bertz CT molecular complexity index is 720. The highest BCUT2D eigenvalue weighted by molar-refractivity contribution is 5.50. The highest BCUT2D eigenvalue weighted by atomic mass is 16.5. The third kappa shape index (κ3) is 3.11. The Labute approximate surface area is 130 Å². The second kappa shape index (κ2) is 6.35. The van der Waals surface area contributed by atoms with E-state index in [0.717, 1.165) is 23.7 Å². The van der Waals surface area contributed by atoms with Crippen molar-refractivity contribution >= 4 is 5.69 Å². The first-order valence-corrected chi connectivity index (χ1v) is 7.19. The summed E-state index contributed by atoms with van der Waals surface area (Å²) in [5.41, 5.74) is 3.51. The maximum absolute atomic E-state index is 5.28. The Morgan fingerprint density at radius 3 is 2.64 bits per heavy atom. The number of anilines is 1. The number of hydrogen-bond acceptors (Lipinski definition) is 3. The molecule has 0 bridgehead atoms. The van der Waals surface area contributed by atoms with Crippen LogP contribution in [0.15, 0.2) is 67.3 Å². The lowest BCUT2D eigenvalue weighted by atomic mass is 10.2. The number of ether oxygens (including phenoxy) is 1. The smallest absolute Gasteiger partial charge is 0.120 e. The van der Waals surface area contributed by atoms with Crippen LogP contribution in [0, 0.1) is 0 Å². The SMILES string of the molecule is COc1cccc(N(C)Cc2ccc(-n3ccnc3)cc2)c1. The van der Waals surface area contributed by atoms with Gasteiger partial charge in [-0.3, -0.25) is 0 Å². The van der Waals surface area contributed by atoms with E-state index in [1.54, 1.807) is 19.6 Å². The molecule has 0 aliphatic heterocycles. The van der Waals surface area contributed by atoms with Gasteiger partial charge in [-0.25, -0.2) is 4.98 Å². The van der Waals surface area contributed by atoms with Gasteiger partial charge >= 0.3 is 0 Å². The Hall–Kier alpha value is -2.75. The van der Waals surface area contributed by atoms with Crippen molar-refractivity contribution in [2.24, 2.45) is 0 Å². The van der Waals surface area contributed by atoms with E-state index < -0.39 is 0 Å². The Morgan fingerprint density at radius 2 is 1.95 bits per heavy atom. The molecule has 3 aromatic rings. The Kier molecular flexibility index (Phi) is 4.10. The van der Waals surface area contributed by atoms with Crippen LogP contribution in [-0.4, -0.2) is 23.7 Å². The van der Waals surface area contributed by atoms with Gasteiger partial charge in [0.05, 0.1) is 13.4 Å². The predicted molar refractivity (Wildman–Crippen MR) is 88.7 cm³/mol. The van der Waals surface area contributed by atoms with Crippen molar-refractivity contribution in [2.75, 3.05) is 19.1 Å². The molecule has 4 heteroatoms. The zero-order valence-corrected chi connectivity index (χ0v) is 12.8. The van der Waals surface area contributed by atoms with Crippen molar-refractivity contribution in [1.29, 1.82) is 0 Å². The molecule has 0 amide bonds. The van der Waals surface area contributed by atoms with Crippen molar-refractivity contribution in [2.45, 2.75) is 6.54 Å². The molecule has 0 aliphatic rings. The first-order valence-electron chi connectivity index (χ1n) is 7.19. The van der Waals surface area contributed by atoms with Crippen LogP contribution in [0.25, 0.3) is 5.69 Å². The summed E-state index contributed by atoms with van der Waals surface area (Å²) in [5.74, 6) is 0.875. The summed E-state index contributed by atoms with van der Waals surface area (Å²) in [6.07, 6.45) is 5.53. The summed E-state index contributed by atoms with van der Waals surface area (Å²) >= 11 is 0. The number of hydrogen-bond donors (Lipinski definition) is 0. The first kappa shape index (κ1) is 14.2. The van der Waals surface area contributed by atoms with E-state index in [1.165, 1.54) is 5.56 Å². The van der Waals surface area contributed by atoms with Crippen LogP contribution in [0.2, 0.25) is 0 Å². The van der Waals surface area contributed by atoms with Crippen molar-refractivity contribution in [3.05, 3.63) is 72.8 Å². The zero-order chi connectivity index (χ0) is 15.4. The summed E-state index contributed by atoms with van der Waals surface area (Å²) in [5, 5.41) is 0. The van der Waals surface area contributed by atoms with Crippen LogP contribution in [-0.2, 0) is 6.54 Å². The number of benzene rings is 2. The molecular formula is C18H19N3O. The van der Waals surface area contributed by atoms with Gasteiger partial charge in [-0.2, -0.15) is 0 Å². The molecule has 0 atom stereocenters. The van der Waals surface area contributed by atoms with Gasteiger partial charge in [-0.15, -0.1) is 0 Å². The van der Waals surface area contributed by atoms with E-state index in [0.29, 0.717) is 0 Å². The third-order valence-corrected chi connectivity index (χ3v) is 3.65. The lowest BCUT2D eigenvalue weighted by molar-refractivity contribution is 0.415. The molecule has 0 fully saturated rings. The van der Waals surface area contributed by atoms with Gasteiger partial charge in [-0.1, -0.05) is 18.2 Å². The number of methoxy groups -OCH3 is 1. The second-order valence-corrected chi connectivity index (χ2v) is 5.19. The molecule has 2 aromatic carbocycles. The van der Waals surface area contributed by atoms with Gasteiger partial charge in [0.2, 0.25) is 0 Å². The molecule has 1 heterocycles. The van der Waals surface area contributed by atoms with Gasteiger partial charge in [0.1, 0.15) is 5.75 Å². The van der Waals surface area contributed by atoms with Crippen LogP contribution >= 0.6 is 0 Å². The topological polar surface area (TPSA) is 30.3 Å². The van der Waals surface area contributed by atoms with E-state index in [9.17, 15) is 0 Å². The van der Waals surface area contributed by atoms with Crippen molar-refractivity contribution in [3.63, 3.8) is 0 Å². The van der Waals surface area contributed by atoms with Gasteiger partial charge in [0.25, 0.3) is 0 Å². The molecule has 1 aromatic heterocycles. The lowest BCUT2D eigenvalue weighted by Crippen LogP contribution is -2.16. The summed E-state index contributed by atoms with van der Waals surface area (Å²) < 4.78 is 7.27. The normalized spacial score (nSPS) is 10.5. The minimum Gasteiger partial charge on any atom is -0.497 e. The third-order valence-electron chi connectivity index (χ3n) is 3.65. The fourth-order valence-electron chi connectivity index (χ4n) is 2.40. The molecule has 0 saturated heterocycles. The molecular weight excluding hydrogens is 274 g/mol. The maximum atomic E-state index is 5.28. The molecule has 4 nitrogen and oxygen atoms in total. The fraction of sp³-hybridized carbons (Fsp3) is 0.167. The van der Waals surface area contributed by atoms with Crippen molar-refractivity contribution in [1.82, 2.24) is 9.55 Å². The molecule has 0 unspecified atom stereocenters. The summed E-state index contributed by atoms with van der Waals surface area (Å²) in [6, 6.07) is 16.6. The highest BCUT2D eigenvalue weighted by Gasteiger charge is 2.04. The summed E-state index contributed by atoms with van der Waals surface area (Å²) in [7, 11) is 3.77. The second-order valence-electron chi connectivity index (χ2n) is 5.19. The summed E-state index contributed by atoms with van der Waals surface area (Å²) in [6.45, 7) is 0.845. The molecule has 0 radical (unpaired) electrons. The monoisotopic (exact) mass is 293 g/mol. The minimum atomic E-state index is 0.845. The average molecular weight is 293 g/mol. The molecule has 3 rings (SSSR count). The maximum Gasteiger partial charge on any atom is 0.120 e. The molecule has 0 N–H and O–H groups in total. The van der Waals surface area contributed by atoms with Crippen molar-refractivity contribution < 1.29 is 4.74 Å². The Balaban J connectivity index is 1.72. The lowest BCUT2D eigenvalue weighted by Gasteiger charge is -2.20. The highest BCUT2D eigenvalue weighted by Crippen LogP contribution is 2.21. The molecule has 112 valence electrons. The van der Waals surface area contributed by atoms with E-state index in [2.05, 4.69) is 47.3 Å². The number of rotatable bonds is 5. The molecule has 0 aliphatic carbocycles. The van der Waals surface area contributed by atoms with Crippen LogP contribution in [0.4, 0.5) is 5.69 Å². The number of imidazole rings is 1. The first-order chi connectivity index (χ1) is 10.8. The van der Waals surface area contributed by atoms with E-state index >= 15 is 0 Å². The molecule has 0 saturated carbocycles. The van der Waals surface area contributed by atoms with E-state index in [4.69, 9.17) is 4.74 Å². The van der Waals surface area contributed by atoms with Gasteiger partial charge < -0.3 is 14.2 Å². The Morgan fingerprint density at radius 1 is 1.14 bits per heavy atom. The standard InChI is InChI=1S/C18H19N3O/c1-20(17-4-3-5-18(12-17)22-2)13-15-6-8-16(9-7-15)21-11-10-19-14-21/h3-12,14H,13H2,1-2H3. The van der Waals surface area contributed by atoms with E-state index in [-0.39, 0.29) is 0 Å². The van der Waals surface area contributed by atoms with Crippen molar-refractivity contribution in [3.8, 4) is 11.4 Å². The minimum absolute atomic E-state index is 0.845. The van der Waals surface area contributed by atoms with Gasteiger partial charge in [-0.05, 0) is 29.8 Å². The fourth-order valence-corrected chi connectivity index (χ4v) is 2.40. The quantitative estimate of drug-likeness (QED) is 0.721. The predicted octanol–water partition coefficient (Wildman–Crippen LogP) is 3.52. The number of nitrogens with zero attached hydrogens (tertiary/aromatic N) is 3. The summed E-state index contributed by atoms with van der Waals surface area (Å²) in [4.78, 5) is 6.27. The molecule has 0 spiro atoms. The van der Waals surface area contributed by atoms with Crippen LogP contribution in [0.1, 0.15) is 5.56 Å². The number of aromatic nitrogens is 2. The van der Waals surface area contributed by atoms with E-state index in [1.807, 2.05) is 29.0 Å². The van der Waals surface area contributed by atoms with Crippen LogP contribution < -0.4 is 9.64 Å². The van der Waals surface area contributed by atoms with Crippen LogP contribution in [0.3, 0.4) is 0 Å². The van der Waals surface area contributed by atoms with Gasteiger partial charge in [0.15, 0.2) is 0 Å². The average Bonchev–Trinajstić information content (AvgIpc) is 3.10. The largest absolute Gasteiger partial charge is 0.497 e. The molecule has 22 heavy (non-hydrogen) atoms. The zero-order valence-electron chi connectivity index (χ0n) is 12.8.